The minimum absolute atomic E-state index is 0.0903. The summed E-state index contributed by atoms with van der Waals surface area (Å²) >= 11 is 0. The van der Waals surface area contributed by atoms with Gasteiger partial charge in [-0.25, -0.2) is 0 Å². The van der Waals surface area contributed by atoms with Gasteiger partial charge in [0.15, 0.2) is 0 Å². The molecule has 0 bridgehead atoms. The van der Waals surface area contributed by atoms with Crippen molar-refractivity contribution in [1.29, 1.82) is 0 Å². The van der Waals surface area contributed by atoms with Gasteiger partial charge in [0.1, 0.15) is 0 Å². The number of aliphatic hydroxyl groups excluding tert-OH is 1. The van der Waals surface area contributed by atoms with Crippen LogP contribution in [0.2, 0.25) is 0 Å². The van der Waals surface area contributed by atoms with E-state index in [4.69, 9.17) is 4.74 Å². The molecule has 10 atom stereocenters. The molecule has 0 aromatic heterocycles. The van der Waals surface area contributed by atoms with Gasteiger partial charge in [-0.05, 0) is 134 Å². The van der Waals surface area contributed by atoms with Gasteiger partial charge in [0.2, 0.25) is 0 Å². The van der Waals surface area contributed by atoms with Crippen LogP contribution in [0.4, 0.5) is 0 Å². The molecule has 6 aliphatic rings. The van der Waals surface area contributed by atoms with Crippen LogP contribution in [0.5, 0.6) is 0 Å². The van der Waals surface area contributed by atoms with E-state index in [1.54, 1.807) is 0 Å². The molecule has 188 valence electrons. The predicted molar refractivity (Wildman–Crippen MR) is 135 cm³/mol. The van der Waals surface area contributed by atoms with Crippen molar-refractivity contribution in [2.24, 2.45) is 56.7 Å². The van der Waals surface area contributed by atoms with Crippen molar-refractivity contribution in [2.45, 2.75) is 131 Å². The Bertz CT molecular complexity index is 808. The summed E-state index contributed by atoms with van der Waals surface area (Å²) in [5.74, 6) is 3.90. The summed E-state index contributed by atoms with van der Waals surface area (Å²) in [5, 5.41) is 10.9. The lowest BCUT2D eigenvalue weighted by atomic mass is 9.41. The second kappa shape index (κ2) is 6.81. The molecular weight excluding hydrogens is 404 g/mol. The summed E-state index contributed by atoms with van der Waals surface area (Å²) in [7, 11) is 0. The standard InChI is InChI=1S/C31H52O2/c1-20(2)29(7)14-10-21(18-33-29)22-11-13-28(6)24-9-8-23-26(3,4)25(32)12-15-30(23)19-31(24,30)17-16-27(22,28)5/h20-25,32H,8-19H2,1-7H3/t21-,22+,23-,24-,25-,27+,28-,29+,30+,31-/m0/s1. The van der Waals surface area contributed by atoms with E-state index < -0.39 is 0 Å². The summed E-state index contributed by atoms with van der Waals surface area (Å²) < 4.78 is 6.62. The second-order valence-corrected chi connectivity index (χ2v) is 15.6. The number of hydrogen-bond acceptors (Lipinski definition) is 2. The molecule has 5 saturated carbocycles. The quantitative estimate of drug-likeness (QED) is 0.463. The summed E-state index contributed by atoms with van der Waals surface area (Å²) in [5.41, 5.74) is 2.36. The first-order valence-electron chi connectivity index (χ1n) is 14.7. The minimum Gasteiger partial charge on any atom is -0.393 e. The highest BCUT2D eigenvalue weighted by Gasteiger charge is 2.82. The minimum atomic E-state index is -0.0922. The van der Waals surface area contributed by atoms with Crippen LogP contribution in [0, 0.1) is 56.7 Å². The zero-order valence-electron chi connectivity index (χ0n) is 22.8. The van der Waals surface area contributed by atoms with Gasteiger partial charge in [0.05, 0.1) is 18.3 Å². The maximum atomic E-state index is 10.9. The van der Waals surface area contributed by atoms with E-state index in [9.17, 15) is 5.11 Å². The highest BCUT2D eigenvalue weighted by Crippen LogP contribution is 2.89. The Morgan fingerprint density at radius 2 is 1.42 bits per heavy atom. The lowest BCUT2D eigenvalue weighted by molar-refractivity contribution is -0.174. The van der Waals surface area contributed by atoms with Gasteiger partial charge in [0.25, 0.3) is 0 Å². The number of fused-ring (bicyclic) bond motifs is 2. The first-order valence-corrected chi connectivity index (χ1v) is 14.7. The average Bonchev–Trinajstić information content (AvgIpc) is 3.35. The third-order valence-electron chi connectivity index (χ3n) is 14.6. The number of rotatable bonds is 2. The molecule has 0 aromatic rings. The molecule has 6 rings (SSSR count). The van der Waals surface area contributed by atoms with Gasteiger partial charge in [-0.1, -0.05) is 41.5 Å². The normalized spacial score (nSPS) is 59.4. The van der Waals surface area contributed by atoms with E-state index in [0.717, 1.165) is 36.7 Å². The third kappa shape index (κ3) is 2.65. The van der Waals surface area contributed by atoms with Crippen LogP contribution < -0.4 is 0 Å². The number of ether oxygens (including phenoxy) is 1. The predicted octanol–water partition coefficient (Wildman–Crippen LogP) is 7.63. The molecule has 6 fully saturated rings. The van der Waals surface area contributed by atoms with Crippen LogP contribution in [0.3, 0.4) is 0 Å². The Morgan fingerprint density at radius 3 is 2.09 bits per heavy atom. The van der Waals surface area contributed by atoms with Crippen LogP contribution in [-0.2, 0) is 4.74 Å². The van der Waals surface area contributed by atoms with Crippen molar-refractivity contribution in [2.75, 3.05) is 6.61 Å². The summed E-state index contributed by atoms with van der Waals surface area (Å²) in [6, 6.07) is 0. The summed E-state index contributed by atoms with van der Waals surface area (Å²) in [6.45, 7) is 18.3. The fourth-order valence-electron chi connectivity index (χ4n) is 11.8. The van der Waals surface area contributed by atoms with Crippen molar-refractivity contribution < 1.29 is 9.84 Å². The Kier molecular flexibility index (Phi) is 4.82. The molecule has 0 unspecified atom stereocenters. The van der Waals surface area contributed by atoms with Crippen molar-refractivity contribution in [1.82, 2.24) is 0 Å². The molecule has 2 nitrogen and oxygen atoms in total. The Morgan fingerprint density at radius 1 is 0.727 bits per heavy atom. The van der Waals surface area contributed by atoms with Gasteiger partial charge in [0, 0.05) is 0 Å². The molecule has 33 heavy (non-hydrogen) atoms. The molecule has 1 heterocycles. The molecule has 2 heteroatoms. The Balaban J connectivity index is 1.26. The van der Waals surface area contributed by atoms with Gasteiger partial charge in [-0.3, -0.25) is 0 Å². The van der Waals surface area contributed by atoms with Gasteiger partial charge >= 0.3 is 0 Å². The second-order valence-electron chi connectivity index (χ2n) is 15.6. The fraction of sp³-hybridized carbons (Fsp3) is 1.00. The molecule has 5 aliphatic carbocycles. The molecule has 0 radical (unpaired) electrons. The monoisotopic (exact) mass is 456 g/mol. The zero-order chi connectivity index (χ0) is 23.7. The van der Waals surface area contributed by atoms with Gasteiger partial charge < -0.3 is 9.84 Å². The first-order chi connectivity index (χ1) is 15.4. The van der Waals surface area contributed by atoms with E-state index in [1.165, 1.54) is 64.2 Å². The maximum absolute atomic E-state index is 10.9. The molecule has 1 aliphatic heterocycles. The van der Waals surface area contributed by atoms with Crippen molar-refractivity contribution in [3.05, 3.63) is 0 Å². The fourth-order valence-corrected chi connectivity index (χ4v) is 11.8. The SMILES string of the molecule is CC(C)[C@@]1(C)CC[C@H]([C@H]2CC[C@@]3(C)[C@@H]4CC[C@H]5C(C)(C)[C@@H](O)CC[C@@]56C[C@@]46CC[C@]23C)CO1. The lowest BCUT2D eigenvalue weighted by Crippen LogP contribution is -2.58. The summed E-state index contributed by atoms with van der Waals surface area (Å²) in [4.78, 5) is 0. The topological polar surface area (TPSA) is 29.5 Å². The van der Waals surface area contributed by atoms with Crippen molar-refractivity contribution >= 4 is 0 Å². The van der Waals surface area contributed by atoms with Crippen LogP contribution in [-0.4, -0.2) is 23.4 Å². The molecule has 1 N–H and O–H groups in total. The van der Waals surface area contributed by atoms with E-state index in [-0.39, 0.29) is 17.1 Å². The van der Waals surface area contributed by atoms with E-state index in [2.05, 4.69) is 48.5 Å². The van der Waals surface area contributed by atoms with Crippen molar-refractivity contribution in [3.8, 4) is 0 Å². The van der Waals surface area contributed by atoms with Crippen LogP contribution in [0.1, 0.15) is 119 Å². The average molecular weight is 457 g/mol. The van der Waals surface area contributed by atoms with Gasteiger partial charge in [-0.2, -0.15) is 0 Å². The smallest absolute Gasteiger partial charge is 0.0677 e. The Labute approximate surface area is 204 Å². The van der Waals surface area contributed by atoms with E-state index in [1.807, 2.05) is 0 Å². The molecule has 2 spiro atoms. The number of hydrogen-bond donors (Lipinski definition) is 1. The van der Waals surface area contributed by atoms with Crippen LogP contribution >= 0.6 is 0 Å². The summed E-state index contributed by atoms with van der Waals surface area (Å²) in [6.07, 6.45) is 15.0. The maximum Gasteiger partial charge on any atom is 0.0677 e. The zero-order valence-corrected chi connectivity index (χ0v) is 22.8. The highest BCUT2D eigenvalue weighted by atomic mass is 16.5. The first kappa shape index (κ1) is 23.3. The molecule has 1 saturated heterocycles. The van der Waals surface area contributed by atoms with Gasteiger partial charge in [-0.15, -0.1) is 0 Å². The number of aliphatic hydroxyl groups is 1. The van der Waals surface area contributed by atoms with Crippen molar-refractivity contribution in [3.63, 3.8) is 0 Å². The van der Waals surface area contributed by atoms with E-state index in [0.29, 0.717) is 27.6 Å². The lowest BCUT2D eigenvalue weighted by Gasteiger charge is -2.63. The Hall–Kier alpha value is -0.0800. The molecular formula is C31H52O2. The van der Waals surface area contributed by atoms with Crippen LogP contribution in [0.25, 0.3) is 0 Å². The van der Waals surface area contributed by atoms with Crippen LogP contribution in [0.15, 0.2) is 0 Å². The largest absolute Gasteiger partial charge is 0.393 e. The third-order valence-corrected chi connectivity index (χ3v) is 14.6. The molecule has 0 aromatic carbocycles. The van der Waals surface area contributed by atoms with E-state index >= 15 is 0 Å². The molecule has 0 amide bonds. The highest BCUT2D eigenvalue weighted by molar-refractivity contribution is 5.30.